The van der Waals surface area contributed by atoms with Crippen LogP contribution in [0.15, 0.2) is 24.3 Å². The molecule has 0 aromatic rings. The standard InChI is InChI=1S/C46H87NO5/c1-3-5-7-9-11-13-15-17-19-21-23-25-27-29-31-33-43-51-45(49)37-35-39-47(41-42-48)40-36-38-46(50)52-44-34-32-30-28-26-24-22-20-18-16-14-12-10-8-6-4-2/h17-20,48H,3-16,21-44H2,1-2H3/b19-17-,20-18-. The van der Waals surface area contributed by atoms with Crippen LogP contribution < -0.4 is 0 Å². The first-order valence-electron chi connectivity index (χ1n) is 22.6. The molecule has 0 fully saturated rings. The molecule has 0 unspecified atom stereocenters. The molecule has 6 nitrogen and oxygen atoms in total. The van der Waals surface area contributed by atoms with E-state index in [1.54, 1.807) is 0 Å². The molecule has 6 heteroatoms. The van der Waals surface area contributed by atoms with Gasteiger partial charge in [0, 0.05) is 19.4 Å². The van der Waals surface area contributed by atoms with Crippen LogP contribution in [0.4, 0.5) is 0 Å². The summed E-state index contributed by atoms with van der Waals surface area (Å²) < 4.78 is 10.9. The minimum Gasteiger partial charge on any atom is -0.466 e. The summed E-state index contributed by atoms with van der Waals surface area (Å²) in [5.41, 5.74) is 0. The van der Waals surface area contributed by atoms with Gasteiger partial charge in [-0.15, -0.1) is 0 Å². The maximum absolute atomic E-state index is 12.2. The number of aliphatic hydroxyl groups excluding tert-OH is 1. The average Bonchev–Trinajstić information content (AvgIpc) is 3.14. The van der Waals surface area contributed by atoms with Gasteiger partial charge in [-0.05, 0) is 90.1 Å². The summed E-state index contributed by atoms with van der Waals surface area (Å²) in [5, 5.41) is 9.45. The van der Waals surface area contributed by atoms with Crippen molar-refractivity contribution >= 4 is 11.9 Å². The highest BCUT2D eigenvalue weighted by Gasteiger charge is 2.10. The summed E-state index contributed by atoms with van der Waals surface area (Å²) in [6, 6.07) is 0. The Labute approximate surface area is 323 Å². The van der Waals surface area contributed by atoms with Crippen LogP contribution in [0.2, 0.25) is 0 Å². The average molecular weight is 734 g/mol. The number of rotatable bonds is 42. The molecule has 0 spiro atoms. The van der Waals surface area contributed by atoms with Gasteiger partial charge in [0.15, 0.2) is 0 Å². The molecule has 1 N–H and O–H groups in total. The molecule has 0 aromatic carbocycles. The second kappa shape index (κ2) is 43.7. The molecule has 0 saturated heterocycles. The van der Waals surface area contributed by atoms with Crippen LogP contribution in [0.3, 0.4) is 0 Å². The maximum atomic E-state index is 12.2. The lowest BCUT2D eigenvalue weighted by Crippen LogP contribution is -2.30. The fourth-order valence-electron chi connectivity index (χ4n) is 6.59. The zero-order valence-electron chi connectivity index (χ0n) is 34.7. The highest BCUT2D eigenvalue weighted by Crippen LogP contribution is 2.12. The van der Waals surface area contributed by atoms with Crippen molar-refractivity contribution in [2.24, 2.45) is 0 Å². The highest BCUT2D eigenvalue weighted by molar-refractivity contribution is 5.69. The maximum Gasteiger partial charge on any atom is 0.305 e. The van der Waals surface area contributed by atoms with Crippen molar-refractivity contribution in [2.45, 2.75) is 219 Å². The fraction of sp³-hybridized carbons (Fsp3) is 0.870. The van der Waals surface area contributed by atoms with Crippen molar-refractivity contribution in [1.29, 1.82) is 0 Å². The molecule has 0 aliphatic rings. The van der Waals surface area contributed by atoms with E-state index in [9.17, 15) is 14.7 Å². The molecule has 52 heavy (non-hydrogen) atoms. The molecule has 0 rings (SSSR count). The van der Waals surface area contributed by atoms with Gasteiger partial charge in [0.1, 0.15) is 0 Å². The number of carbonyl (C=O) groups is 2. The zero-order chi connectivity index (χ0) is 37.8. The Morgan fingerprint density at radius 2 is 0.731 bits per heavy atom. The van der Waals surface area contributed by atoms with Crippen molar-refractivity contribution in [3.63, 3.8) is 0 Å². The third kappa shape index (κ3) is 41.1. The van der Waals surface area contributed by atoms with Gasteiger partial charge >= 0.3 is 11.9 Å². The predicted molar refractivity (Wildman–Crippen MR) is 223 cm³/mol. The minimum atomic E-state index is -0.133. The molecule has 0 aliphatic heterocycles. The van der Waals surface area contributed by atoms with Crippen LogP contribution in [-0.4, -0.2) is 61.4 Å². The number of hydrogen-bond acceptors (Lipinski definition) is 6. The van der Waals surface area contributed by atoms with Gasteiger partial charge in [-0.2, -0.15) is 0 Å². The molecule has 0 aromatic heterocycles. The van der Waals surface area contributed by atoms with E-state index < -0.39 is 0 Å². The Hall–Kier alpha value is -1.66. The fourth-order valence-corrected chi connectivity index (χ4v) is 6.59. The van der Waals surface area contributed by atoms with Gasteiger partial charge in [-0.25, -0.2) is 0 Å². The second-order valence-electron chi connectivity index (χ2n) is 15.1. The molecule has 0 heterocycles. The number of hydrogen-bond donors (Lipinski definition) is 1. The van der Waals surface area contributed by atoms with E-state index in [-0.39, 0.29) is 18.5 Å². The number of unbranched alkanes of at least 4 members (excludes halogenated alkanes) is 24. The van der Waals surface area contributed by atoms with Crippen molar-refractivity contribution in [1.82, 2.24) is 4.90 Å². The summed E-state index contributed by atoms with van der Waals surface area (Å²) in [6.45, 7) is 7.62. The van der Waals surface area contributed by atoms with Crippen LogP contribution in [0.25, 0.3) is 0 Å². The SMILES string of the molecule is CCCCCCCC/C=C\CCCCCCCCOC(=O)CCCN(CCO)CCCC(=O)OCCCCCCCC/C=C\CCCCCCCC. The number of allylic oxidation sites excluding steroid dienone is 4. The number of ether oxygens (including phenoxy) is 2. The van der Waals surface area contributed by atoms with Gasteiger partial charge in [-0.3, -0.25) is 9.59 Å². The first-order chi connectivity index (χ1) is 25.6. The first-order valence-corrected chi connectivity index (χ1v) is 22.6. The van der Waals surface area contributed by atoms with E-state index in [0.29, 0.717) is 58.5 Å². The van der Waals surface area contributed by atoms with Gasteiger partial charge in [0.25, 0.3) is 0 Å². The summed E-state index contributed by atoms with van der Waals surface area (Å²) in [6.07, 6.45) is 47.2. The van der Waals surface area contributed by atoms with E-state index in [4.69, 9.17) is 9.47 Å². The van der Waals surface area contributed by atoms with Crippen molar-refractivity contribution < 1.29 is 24.2 Å². The Morgan fingerprint density at radius 1 is 0.423 bits per heavy atom. The summed E-state index contributed by atoms with van der Waals surface area (Å²) in [5.74, 6) is -0.266. The molecule has 0 amide bonds. The topological polar surface area (TPSA) is 76.1 Å². The third-order valence-corrected chi connectivity index (χ3v) is 9.97. The first kappa shape index (κ1) is 50.3. The Bertz CT molecular complexity index is 736. The molecule has 306 valence electrons. The van der Waals surface area contributed by atoms with Crippen LogP contribution in [-0.2, 0) is 19.1 Å². The molecule has 0 radical (unpaired) electrons. The predicted octanol–water partition coefficient (Wildman–Crippen LogP) is 13.0. The van der Waals surface area contributed by atoms with E-state index in [2.05, 4.69) is 43.1 Å². The Morgan fingerprint density at radius 3 is 1.06 bits per heavy atom. The lowest BCUT2D eigenvalue weighted by Gasteiger charge is -2.20. The summed E-state index contributed by atoms with van der Waals surface area (Å²) >= 11 is 0. The smallest absolute Gasteiger partial charge is 0.305 e. The van der Waals surface area contributed by atoms with Crippen LogP contribution in [0, 0.1) is 0 Å². The number of carbonyl (C=O) groups excluding carboxylic acids is 2. The summed E-state index contributed by atoms with van der Waals surface area (Å²) in [4.78, 5) is 26.5. The second-order valence-corrected chi connectivity index (χ2v) is 15.1. The Balaban J connectivity index is 3.59. The zero-order valence-corrected chi connectivity index (χ0v) is 34.7. The van der Waals surface area contributed by atoms with E-state index in [0.717, 1.165) is 25.7 Å². The highest BCUT2D eigenvalue weighted by atomic mass is 16.5. The molecular formula is C46H87NO5. The van der Waals surface area contributed by atoms with Crippen molar-refractivity contribution in [3.8, 4) is 0 Å². The monoisotopic (exact) mass is 734 g/mol. The van der Waals surface area contributed by atoms with Gasteiger partial charge < -0.3 is 19.5 Å². The van der Waals surface area contributed by atoms with E-state index in [1.165, 1.54) is 154 Å². The lowest BCUT2D eigenvalue weighted by atomic mass is 10.1. The molecule has 0 aliphatic carbocycles. The van der Waals surface area contributed by atoms with Crippen LogP contribution in [0.1, 0.15) is 219 Å². The normalized spacial score (nSPS) is 11.8. The Kier molecular flexibility index (Phi) is 42.3. The van der Waals surface area contributed by atoms with Gasteiger partial charge in [0.05, 0.1) is 19.8 Å². The van der Waals surface area contributed by atoms with Crippen molar-refractivity contribution in [3.05, 3.63) is 24.3 Å². The third-order valence-electron chi connectivity index (χ3n) is 9.97. The molecule has 0 atom stereocenters. The van der Waals surface area contributed by atoms with Gasteiger partial charge in [-0.1, -0.05) is 154 Å². The van der Waals surface area contributed by atoms with E-state index in [1.807, 2.05) is 0 Å². The molecule has 0 saturated carbocycles. The molecular weight excluding hydrogens is 647 g/mol. The number of nitrogens with zero attached hydrogens (tertiary/aromatic N) is 1. The minimum absolute atomic E-state index is 0.0702. The largest absolute Gasteiger partial charge is 0.466 e. The van der Waals surface area contributed by atoms with Crippen molar-refractivity contribution in [2.75, 3.05) is 39.5 Å². The number of esters is 2. The number of aliphatic hydroxyl groups is 1. The van der Waals surface area contributed by atoms with Gasteiger partial charge in [0.2, 0.25) is 0 Å². The van der Waals surface area contributed by atoms with Crippen LogP contribution >= 0.6 is 0 Å². The van der Waals surface area contributed by atoms with Crippen LogP contribution in [0.5, 0.6) is 0 Å². The summed E-state index contributed by atoms with van der Waals surface area (Å²) in [7, 11) is 0. The lowest BCUT2D eigenvalue weighted by molar-refractivity contribution is -0.144. The molecule has 0 bridgehead atoms. The quantitative estimate of drug-likeness (QED) is 0.0382. The van der Waals surface area contributed by atoms with E-state index >= 15 is 0 Å².